The fraction of sp³-hybridized carbons (Fsp3) is 0.841. The van der Waals surface area contributed by atoms with E-state index in [9.17, 15) is 30.3 Å². The smallest absolute Gasteiger partial charge is 0.335 e. The van der Waals surface area contributed by atoms with Gasteiger partial charge in [-0.3, -0.25) is 0 Å². The number of hydrogen-bond acceptors (Lipinski definition) is 12. The number of fused-ring (bicyclic) bond motifs is 1. The summed E-state index contributed by atoms with van der Waals surface area (Å²) in [6.45, 7) is 14.5. The number of ether oxygens (including phenoxy) is 7. The average molecular weight is 805 g/mol. The number of hydrogen-bond donors (Lipinski definition) is 5. The lowest BCUT2D eigenvalue weighted by molar-refractivity contribution is -0.321. The van der Waals surface area contributed by atoms with Crippen LogP contribution in [0.2, 0.25) is 0 Å². The lowest BCUT2D eigenvalue weighted by Gasteiger charge is -2.50. The van der Waals surface area contributed by atoms with Crippen LogP contribution in [0, 0.1) is 17.8 Å². The molecule has 17 atom stereocenters. The summed E-state index contributed by atoms with van der Waals surface area (Å²) in [4.78, 5) is 11.6. The third-order valence-electron chi connectivity index (χ3n) is 14.0. The summed E-state index contributed by atoms with van der Waals surface area (Å²) < 4.78 is 45.2. The summed E-state index contributed by atoms with van der Waals surface area (Å²) in [6, 6.07) is 0. The van der Waals surface area contributed by atoms with Crippen LogP contribution in [0.15, 0.2) is 36.0 Å². The van der Waals surface area contributed by atoms with Gasteiger partial charge in [-0.15, -0.1) is 0 Å². The third-order valence-corrected chi connectivity index (χ3v) is 14.0. The van der Waals surface area contributed by atoms with Crippen LogP contribution in [0.4, 0.5) is 0 Å². The largest absolute Gasteiger partial charge is 0.479 e. The second-order valence-corrected chi connectivity index (χ2v) is 18.9. The van der Waals surface area contributed by atoms with E-state index in [1.807, 2.05) is 19.9 Å². The molecule has 3 spiro atoms. The van der Waals surface area contributed by atoms with Gasteiger partial charge in [0.2, 0.25) is 5.79 Å². The fourth-order valence-electron chi connectivity index (χ4n) is 10.5. The first-order valence-corrected chi connectivity index (χ1v) is 21.7. The predicted molar refractivity (Wildman–Crippen MR) is 208 cm³/mol. The Morgan fingerprint density at radius 3 is 2.49 bits per heavy atom. The van der Waals surface area contributed by atoms with Gasteiger partial charge < -0.3 is 58.7 Å². The van der Waals surface area contributed by atoms with Gasteiger partial charge in [-0.05, 0) is 95.1 Å². The van der Waals surface area contributed by atoms with E-state index in [1.54, 1.807) is 6.08 Å². The summed E-state index contributed by atoms with van der Waals surface area (Å²) in [5, 5.41) is 54.0. The van der Waals surface area contributed by atoms with Gasteiger partial charge in [-0.25, -0.2) is 4.79 Å². The third kappa shape index (κ3) is 9.15. The topological polar surface area (TPSA) is 183 Å². The Morgan fingerprint density at radius 2 is 1.75 bits per heavy atom. The number of aliphatic carboxylic acids is 1. The Labute approximate surface area is 337 Å². The number of carboxylic acid groups (broad SMARTS) is 1. The number of rotatable bonds is 10. The summed E-state index contributed by atoms with van der Waals surface area (Å²) in [6.07, 6.45) is 9.37. The van der Waals surface area contributed by atoms with E-state index in [4.69, 9.17) is 33.2 Å². The van der Waals surface area contributed by atoms with Crippen molar-refractivity contribution in [2.75, 3.05) is 6.61 Å². The molecule has 7 aliphatic heterocycles. The van der Waals surface area contributed by atoms with Gasteiger partial charge in [-0.1, -0.05) is 45.1 Å². The van der Waals surface area contributed by atoms with Crippen LogP contribution in [0.5, 0.6) is 0 Å². The fourth-order valence-corrected chi connectivity index (χ4v) is 10.5. The molecule has 322 valence electrons. The Hall–Kier alpha value is -1.75. The van der Waals surface area contributed by atoms with Crippen LogP contribution in [0.3, 0.4) is 0 Å². The van der Waals surface area contributed by atoms with Crippen LogP contribution >= 0.6 is 0 Å². The Kier molecular flexibility index (Phi) is 12.9. The maximum absolute atomic E-state index is 11.6. The lowest BCUT2D eigenvalue weighted by Crippen LogP contribution is -2.60. The van der Waals surface area contributed by atoms with Gasteiger partial charge in [0.1, 0.15) is 24.4 Å². The Balaban J connectivity index is 0.920. The molecule has 57 heavy (non-hydrogen) atoms. The minimum atomic E-state index is -1.96. The van der Waals surface area contributed by atoms with Crippen molar-refractivity contribution in [2.24, 2.45) is 17.8 Å². The van der Waals surface area contributed by atoms with Crippen molar-refractivity contribution in [1.29, 1.82) is 0 Å². The van der Waals surface area contributed by atoms with Gasteiger partial charge in [-0.2, -0.15) is 0 Å². The molecule has 13 heteroatoms. The molecule has 0 aromatic rings. The van der Waals surface area contributed by atoms with Crippen molar-refractivity contribution in [1.82, 2.24) is 0 Å². The van der Waals surface area contributed by atoms with Crippen LogP contribution in [-0.2, 0) is 38.0 Å². The number of aliphatic hydroxyl groups is 4. The summed E-state index contributed by atoms with van der Waals surface area (Å²) in [5.41, 5.74) is -0.551. The first kappa shape index (κ1) is 43.3. The molecule has 13 nitrogen and oxygen atoms in total. The van der Waals surface area contributed by atoms with Crippen LogP contribution in [0.1, 0.15) is 125 Å². The zero-order valence-electron chi connectivity index (χ0n) is 34.6. The van der Waals surface area contributed by atoms with Gasteiger partial charge in [0, 0.05) is 38.0 Å². The van der Waals surface area contributed by atoms with Crippen LogP contribution in [-0.4, -0.2) is 122 Å². The number of carboxylic acids is 1. The first-order valence-electron chi connectivity index (χ1n) is 21.7. The Bertz CT molecular complexity index is 1510. The molecular weight excluding hydrogens is 736 g/mol. The molecule has 7 rings (SSSR count). The molecule has 0 aliphatic carbocycles. The molecule has 0 amide bonds. The lowest BCUT2D eigenvalue weighted by atomic mass is 9.79. The SMILES string of the molecule is C=C1[C@@H](O)C2O[C@@]3(CCC2O[C@@H]1C(O)C[C@H](C)C1O[C@@]2(CCCCO2)CC[C@H]1C)CC[C@@H](C=C[C@@H](C)[C@@H]1CC(C)=C[C@@]2(O[C@H](C[C@@](C)(O)C(=O)O)CCC2O)O1)O3. The van der Waals surface area contributed by atoms with Crippen molar-refractivity contribution in [3.05, 3.63) is 36.0 Å². The molecule has 7 heterocycles. The van der Waals surface area contributed by atoms with Gasteiger partial charge in [0.15, 0.2) is 17.2 Å². The van der Waals surface area contributed by atoms with Gasteiger partial charge in [0.05, 0.1) is 43.2 Å². The highest BCUT2D eigenvalue weighted by Crippen LogP contribution is 2.47. The van der Waals surface area contributed by atoms with Crippen molar-refractivity contribution in [3.63, 3.8) is 0 Å². The molecule has 0 aromatic carbocycles. The first-order chi connectivity index (χ1) is 26.9. The maximum atomic E-state index is 11.6. The van der Waals surface area contributed by atoms with E-state index in [1.165, 1.54) is 6.92 Å². The molecular formula is C44H68O13. The highest BCUT2D eigenvalue weighted by atomic mass is 16.7. The minimum absolute atomic E-state index is 0.0423. The van der Waals surface area contributed by atoms with E-state index in [2.05, 4.69) is 26.5 Å². The molecule has 7 aliphatic rings. The van der Waals surface area contributed by atoms with E-state index in [0.29, 0.717) is 56.4 Å². The Morgan fingerprint density at radius 1 is 1.00 bits per heavy atom. The summed E-state index contributed by atoms with van der Waals surface area (Å²) >= 11 is 0. The van der Waals surface area contributed by atoms with E-state index in [-0.39, 0.29) is 36.6 Å². The van der Waals surface area contributed by atoms with Gasteiger partial charge >= 0.3 is 5.97 Å². The second-order valence-electron chi connectivity index (χ2n) is 18.9. The number of carbonyl (C=O) groups is 1. The highest BCUT2D eigenvalue weighted by Gasteiger charge is 2.55. The van der Waals surface area contributed by atoms with Crippen molar-refractivity contribution in [3.8, 4) is 0 Å². The maximum Gasteiger partial charge on any atom is 0.335 e. The summed E-state index contributed by atoms with van der Waals surface area (Å²) in [5.74, 6) is -3.82. The molecule has 0 saturated carbocycles. The minimum Gasteiger partial charge on any atom is -0.479 e. The normalized spacial score (nSPS) is 45.4. The average Bonchev–Trinajstić information content (AvgIpc) is 3.56. The van der Waals surface area contributed by atoms with Crippen molar-refractivity contribution < 1.29 is 63.5 Å². The van der Waals surface area contributed by atoms with Crippen molar-refractivity contribution in [2.45, 2.75) is 209 Å². The molecule has 0 radical (unpaired) electrons. The standard InChI is InChI=1S/C44H68O13/c1-25-21-34(55-44(23-25)35(46)12-11-31(54-44)24-41(6,50)40(48)49)26(2)9-10-30-14-18-43(53-30)19-15-33-39(57-43)36(47)29(5)38(52-33)32(45)22-28(4)37-27(3)13-17-42(56-37)16-7-8-20-51-42/h9-10,23,26-28,30-39,45-47,50H,5,7-8,11-22,24H2,1-4,6H3,(H,48,49)/t26-,27-,28+,30-,31+,32?,33?,34+,35?,36-,37?,38+,39?,41-,42+,43-,44-/m1/s1. The molecule has 6 saturated heterocycles. The monoisotopic (exact) mass is 804 g/mol. The van der Waals surface area contributed by atoms with E-state index in [0.717, 1.165) is 50.7 Å². The second kappa shape index (κ2) is 17.0. The molecule has 5 unspecified atom stereocenters. The predicted octanol–water partition coefficient (Wildman–Crippen LogP) is 5.21. The van der Waals surface area contributed by atoms with Crippen LogP contribution in [0.25, 0.3) is 0 Å². The van der Waals surface area contributed by atoms with E-state index >= 15 is 0 Å². The number of aliphatic hydroxyl groups excluding tert-OH is 3. The summed E-state index contributed by atoms with van der Waals surface area (Å²) in [7, 11) is 0. The van der Waals surface area contributed by atoms with Gasteiger partial charge in [0.25, 0.3) is 0 Å². The van der Waals surface area contributed by atoms with Crippen molar-refractivity contribution >= 4 is 5.97 Å². The van der Waals surface area contributed by atoms with Crippen LogP contribution < -0.4 is 0 Å². The van der Waals surface area contributed by atoms with E-state index < -0.39 is 71.7 Å². The highest BCUT2D eigenvalue weighted by molar-refractivity contribution is 5.76. The molecule has 5 N–H and O–H groups in total. The molecule has 6 fully saturated rings. The molecule has 0 bridgehead atoms. The zero-order valence-corrected chi connectivity index (χ0v) is 34.6. The quantitative estimate of drug-likeness (QED) is 0.182. The zero-order chi connectivity index (χ0) is 40.9. The molecule has 0 aromatic heterocycles.